The number of carbonyl (C=O) groups excluding carboxylic acids is 1. The third-order valence-corrected chi connectivity index (χ3v) is 5.11. The maximum Gasteiger partial charge on any atom is 0.321 e. The number of carbonyl (C=O) groups is 1. The molecule has 0 saturated carbocycles. The monoisotopic (exact) mass is 361 g/mol. The summed E-state index contributed by atoms with van der Waals surface area (Å²) in [6.45, 7) is 14.4. The van der Waals surface area contributed by atoms with E-state index in [1.807, 2.05) is 30.0 Å². The Morgan fingerprint density at radius 2 is 1.69 bits per heavy atom. The van der Waals surface area contributed by atoms with Crippen molar-refractivity contribution in [3.8, 4) is 5.75 Å². The number of urea groups is 1. The van der Waals surface area contributed by atoms with Crippen LogP contribution in [0.4, 0.5) is 4.79 Å². The van der Waals surface area contributed by atoms with E-state index in [9.17, 15) is 4.79 Å². The first-order valence-electron chi connectivity index (χ1n) is 9.56. The summed E-state index contributed by atoms with van der Waals surface area (Å²) in [6, 6.07) is 7.97. The summed E-state index contributed by atoms with van der Waals surface area (Å²) in [6.07, 6.45) is 1.15. The number of nitrogens with one attached hydrogen (secondary N) is 1. The average Bonchev–Trinajstić information content (AvgIpc) is 2.43. The molecule has 1 aliphatic rings. The minimum atomic E-state index is -0.426. The molecule has 2 rings (SSSR count). The second-order valence-electron chi connectivity index (χ2n) is 9.03. The quantitative estimate of drug-likeness (QED) is 0.789. The summed E-state index contributed by atoms with van der Waals surface area (Å²) in [5.74, 6) is 1.17. The first kappa shape index (κ1) is 20.6. The number of amides is 2. The highest BCUT2D eigenvalue weighted by atomic mass is 16.5. The number of para-hydroxylation sites is 1. The molecule has 0 spiro atoms. The number of rotatable bonds is 4. The van der Waals surface area contributed by atoms with Crippen molar-refractivity contribution in [1.82, 2.24) is 10.2 Å². The highest BCUT2D eigenvalue weighted by Gasteiger charge is 2.47. The zero-order valence-corrected chi connectivity index (χ0v) is 17.3. The van der Waals surface area contributed by atoms with E-state index in [1.165, 1.54) is 0 Å². The zero-order valence-electron chi connectivity index (χ0n) is 17.3. The van der Waals surface area contributed by atoms with Crippen LogP contribution in [0.5, 0.6) is 5.75 Å². The summed E-state index contributed by atoms with van der Waals surface area (Å²) in [5, 5.41) is 3.01. The SMILES string of the molecule is CC(NC(=O)N1C(C)(C)CC(N)CC1(C)C)Oc1ccccc1C(C)C. The second kappa shape index (κ2) is 7.47. The molecule has 1 fully saturated rings. The van der Waals surface area contributed by atoms with E-state index in [0.717, 1.165) is 24.2 Å². The van der Waals surface area contributed by atoms with Gasteiger partial charge in [0.25, 0.3) is 0 Å². The van der Waals surface area contributed by atoms with Gasteiger partial charge in [-0.15, -0.1) is 0 Å². The maximum absolute atomic E-state index is 13.0. The van der Waals surface area contributed by atoms with Crippen LogP contribution in [0.1, 0.15) is 72.8 Å². The normalized spacial score (nSPS) is 20.7. The number of ether oxygens (including phenoxy) is 1. The predicted molar refractivity (Wildman–Crippen MR) is 106 cm³/mol. The van der Waals surface area contributed by atoms with E-state index in [2.05, 4.69) is 52.9 Å². The lowest BCUT2D eigenvalue weighted by atomic mass is 9.77. The predicted octanol–water partition coefficient (Wildman–Crippen LogP) is 4.22. The van der Waals surface area contributed by atoms with Crippen molar-refractivity contribution in [2.24, 2.45) is 5.73 Å². The standard InChI is InChI=1S/C21H35N3O2/c1-14(2)17-10-8-9-11-18(17)26-15(3)23-19(25)24-20(4,5)12-16(22)13-21(24,6)7/h8-11,14-16H,12-13,22H2,1-7H3,(H,23,25). The van der Waals surface area contributed by atoms with Crippen LogP contribution in [0.3, 0.4) is 0 Å². The Bertz CT molecular complexity index is 622. The molecule has 0 aliphatic carbocycles. The van der Waals surface area contributed by atoms with E-state index in [1.54, 1.807) is 0 Å². The van der Waals surface area contributed by atoms with Crippen LogP contribution in [-0.2, 0) is 0 Å². The Balaban J connectivity index is 2.11. The van der Waals surface area contributed by atoms with Crippen LogP contribution in [0, 0.1) is 0 Å². The minimum absolute atomic E-state index is 0.107. The molecule has 0 bridgehead atoms. The Kier molecular flexibility index (Phi) is 5.91. The van der Waals surface area contributed by atoms with Gasteiger partial charge in [-0.1, -0.05) is 32.0 Å². The molecule has 2 amide bonds. The Morgan fingerprint density at radius 1 is 1.15 bits per heavy atom. The Morgan fingerprint density at radius 3 is 2.23 bits per heavy atom. The third kappa shape index (κ3) is 4.50. The van der Waals surface area contributed by atoms with Gasteiger partial charge in [0.05, 0.1) is 0 Å². The van der Waals surface area contributed by atoms with Crippen LogP contribution >= 0.6 is 0 Å². The molecule has 146 valence electrons. The molecular formula is C21H35N3O2. The van der Waals surface area contributed by atoms with Crippen molar-refractivity contribution in [1.29, 1.82) is 0 Å². The summed E-state index contributed by atoms with van der Waals surface area (Å²) >= 11 is 0. The molecule has 26 heavy (non-hydrogen) atoms. The molecule has 1 aliphatic heterocycles. The van der Waals surface area contributed by atoms with Crippen LogP contribution in [0.2, 0.25) is 0 Å². The van der Waals surface area contributed by atoms with Gasteiger partial charge in [-0.05, 0) is 65.0 Å². The Labute approximate surface area is 158 Å². The molecule has 5 nitrogen and oxygen atoms in total. The van der Waals surface area contributed by atoms with Crippen LogP contribution in [0.25, 0.3) is 0 Å². The fraction of sp³-hybridized carbons (Fsp3) is 0.667. The van der Waals surface area contributed by atoms with Crippen molar-refractivity contribution in [3.63, 3.8) is 0 Å². The Hall–Kier alpha value is -1.75. The summed E-state index contributed by atoms with van der Waals surface area (Å²) < 4.78 is 6.04. The van der Waals surface area contributed by atoms with E-state index in [4.69, 9.17) is 10.5 Å². The summed E-state index contributed by atoms with van der Waals surface area (Å²) in [4.78, 5) is 15.0. The number of benzene rings is 1. The van der Waals surface area contributed by atoms with Crippen molar-refractivity contribution in [2.45, 2.75) is 90.6 Å². The number of likely N-dealkylation sites (tertiary alicyclic amines) is 1. The molecule has 1 saturated heterocycles. The van der Waals surface area contributed by atoms with E-state index >= 15 is 0 Å². The average molecular weight is 362 g/mol. The molecule has 1 aromatic rings. The number of nitrogens with zero attached hydrogens (tertiary/aromatic N) is 1. The third-order valence-electron chi connectivity index (χ3n) is 5.11. The van der Waals surface area contributed by atoms with Gasteiger partial charge < -0.3 is 20.7 Å². The van der Waals surface area contributed by atoms with Crippen LogP contribution in [0.15, 0.2) is 24.3 Å². The van der Waals surface area contributed by atoms with Crippen molar-refractivity contribution in [3.05, 3.63) is 29.8 Å². The van der Waals surface area contributed by atoms with Gasteiger partial charge in [-0.3, -0.25) is 0 Å². The van der Waals surface area contributed by atoms with Gasteiger partial charge in [0.1, 0.15) is 5.75 Å². The lowest BCUT2D eigenvalue weighted by molar-refractivity contribution is -0.00142. The van der Waals surface area contributed by atoms with Crippen molar-refractivity contribution in [2.75, 3.05) is 0 Å². The van der Waals surface area contributed by atoms with Gasteiger partial charge >= 0.3 is 6.03 Å². The number of hydrogen-bond donors (Lipinski definition) is 2. The van der Waals surface area contributed by atoms with Gasteiger partial charge in [0.2, 0.25) is 0 Å². The molecule has 1 heterocycles. The highest BCUT2D eigenvalue weighted by molar-refractivity contribution is 5.76. The molecule has 0 radical (unpaired) electrons. The number of nitrogens with two attached hydrogens (primary N) is 1. The van der Waals surface area contributed by atoms with E-state index < -0.39 is 6.23 Å². The molecule has 0 aromatic heterocycles. The molecule has 1 aromatic carbocycles. The lowest BCUT2D eigenvalue weighted by Gasteiger charge is -2.54. The molecular weight excluding hydrogens is 326 g/mol. The van der Waals surface area contributed by atoms with Gasteiger partial charge in [-0.25, -0.2) is 4.79 Å². The number of hydrogen-bond acceptors (Lipinski definition) is 3. The van der Waals surface area contributed by atoms with E-state index in [-0.39, 0.29) is 23.2 Å². The summed E-state index contributed by atoms with van der Waals surface area (Å²) in [5.41, 5.74) is 6.74. The van der Waals surface area contributed by atoms with Gasteiger partial charge in [0.15, 0.2) is 6.23 Å². The molecule has 1 unspecified atom stereocenters. The van der Waals surface area contributed by atoms with Gasteiger partial charge in [-0.2, -0.15) is 0 Å². The first-order valence-corrected chi connectivity index (χ1v) is 9.56. The number of piperidine rings is 1. The van der Waals surface area contributed by atoms with Gasteiger partial charge in [0, 0.05) is 17.1 Å². The molecule has 5 heteroatoms. The first-order chi connectivity index (χ1) is 11.9. The van der Waals surface area contributed by atoms with Crippen LogP contribution < -0.4 is 15.8 Å². The van der Waals surface area contributed by atoms with E-state index in [0.29, 0.717) is 5.92 Å². The molecule has 3 N–H and O–H groups in total. The summed E-state index contributed by atoms with van der Waals surface area (Å²) in [7, 11) is 0. The largest absolute Gasteiger partial charge is 0.471 e. The smallest absolute Gasteiger partial charge is 0.321 e. The lowest BCUT2D eigenvalue weighted by Crippen LogP contribution is -2.67. The highest BCUT2D eigenvalue weighted by Crippen LogP contribution is 2.37. The fourth-order valence-corrected chi connectivity index (χ4v) is 4.43. The van der Waals surface area contributed by atoms with Crippen molar-refractivity contribution >= 4 is 6.03 Å². The van der Waals surface area contributed by atoms with Crippen molar-refractivity contribution < 1.29 is 9.53 Å². The zero-order chi connectivity index (χ0) is 19.7. The maximum atomic E-state index is 13.0. The second-order valence-corrected chi connectivity index (χ2v) is 9.03. The fourth-order valence-electron chi connectivity index (χ4n) is 4.43. The van der Waals surface area contributed by atoms with Crippen LogP contribution in [-0.4, -0.2) is 34.3 Å². The molecule has 1 atom stereocenters. The topological polar surface area (TPSA) is 67.6 Å². The minimum Gasteiger partial charge on any atom is -0.471 e.